The molecule has 0 spiro atoms. The number of fused-ring (bicyclic) bond motifs is 1. The number of carbonyl (C=O) groups excluding carboxylic acids is 1. The summed E-state index contributed by atoms with van der Waals surface area (Å²) in [7, 11) is -3.35. The van der Waals surface area contributed by atoms with Crippen molar-refractivity contribution in [3.63, 3.8) is 0 Å². The molecule has 2 aromatic carbocycles. The highest BCUT2D eigenvalue weighted by molar-refractivity contribution is 7.92. The lowest BCUT2D eigenvalue weighted by Gasteiger charge is -2.38. The van der Waals surface area contributed by atoms with Crippen molar-refractivity contribution >= 4 is 21.6 Å². The summed E-state index contributed by atoms with van der Waals surface area (Å²) in [6.45, 7) is 9.79. The molecule has 6 nitrogen and oxygen atoms in total. The number of sulfonamides is 1. The second kappa shape index (κ2) is 8.30. The number of hydrogen-bond acceptors (Lipinski definition) is 4. The number of amides is 1. The van der Waals surface area contributed by atoms with E-state index in [1.54, 1.807) is 38.1 Å². The van der Waals surface area contributed by atoms with Crippen LogP contribution < -0.4 is 14.4 Å². The number of aryl methyl sites for hydroxylation is 1. The standard InChI is InChI=1S/C23H30N2O4S/c1-6-25(30(27,28)7-2)18-11-9-17(10-12-18)22(26)24-20-15-23(4,5)29-21-14-16(3)8-13-19(20)21/h8-14,20H,6-7,15H2,1-5H3,(H,24,26)/t20-/m1/s1. The fourth-order valence-electron chi connectivity index (χ4n) is 3.80. The number of nitrogens with zero attached hydrogens (tertiary/aromatic N) is 1. The molecule has 162 valence electrons. The van der Waals surface area contributed by atoms with Crippen LogP contribution >= 0.6 is 0 Å². The van der Waals surface area contributed by atoms with Crippen LogP contribution in [0.1, 0.15) is 61.6 Å². The largest absolute Gasteiger partial charge is 0.487 e. The summed E-state index contributed by atoms with van der Waals surface area (Å²) in [5, 5.41) is 3.12. The highest BCUT2D eigenvalue weighted by Crippen LogP contribution is 2.40. The first-order valence-corrected chi connectivity index (χ1v) is 11.9. The van der Waals surface area contributed by atoms with Crippen molar-refractivity contribution in [1.82, 2.24) is 5.32 Å². The van der Waals surface area contributed by atoms with Crippen LogP contribution in [0.25, 0.3) is 0 Å². The maximum Gasteiger partial charge on any atom is 0.251 e. The number of ether oxygens (including phenoxy) is 1. The summed E-state index contributed by atoms with van der Waals surface area (Å²) < 4.78 is 32.0. The zero-order valence-electron chi connectivity index (χ0n) is 18.2. The van der Waals surface area contributed by atoms with E-state index in [2.05, 4.69) is 5.32 Å². The van der Waals surface area contributed by atoms with E-state index in [0.717, 1.165) is 16.9 Å². The molecule has 0 radical (unpaired) electrons. The lowest BCUT2D eigenvalue weighted by molar-refractivity contribution is 0.0619. The van der Waals surface area contributed by atoms with Crippen LogP contribution in [-0.2, 0) is 10.0 Å². The van der Waals surface area contributed by atoms with Crippen LogP contribution in [0.5, 0.6) is 5.75 Å². The van der Waals surface area contributed by atoms with Crippen molar-refractivity contribution in [2.24, 2.45) is 0 Å². The minimum absolute atomic E-state index is 0.0293. The zero-order valence-corrected chi connectivity index (χ0v) is 19.0. The van der Waals surface area contributed by atoms with Gasteiger partial charge in [-0.1, -0.05) is 12.1 Å². The van der Waals surface area contributed by atoms with Crippen LogP contribution in [0.15, 0.2) is 42.5 Å². The normalized spacial score (nSPS) is 17.6. The molecule has 0 aromatic heterocycles. The molecular weight excluding hydrogens is 400 g/mol. The van der Waals surface area contributed by atoms with E-state index >= 15 is 0 Å². The summed E-state index contributed by atoms with van der Waals surface area (Å²) in [4.78, 5) is 12.9. The molecule has 7 heteroatoms. The van der Waals surface area contributed by atoms with Crippen molar-refractivity contribution in [3.05, 3.63) is 59.2 Å². The third-order valence-electron chi connectivity index (χ3n) is 5.34. The third-order valence-corrected chi connectivity index (χ3v) is 7.21. The first-order valence-electron chi connectivity index (χ1n) is 10.3. The summed E-state index contributed by atoms with van der Waals surface area (Å²) in [5.74, 6) is 0.633. The molecule has 0 saturated carbocycles. The molecule has 2 aromatic rings. The Balaban J connectivity index is 1.81. The Labute approximate surface area is 179 Å². The van der Waals surface area contributed by atoms with Gasteiger partial charge in [0.25, 0.3) is 5.91 Å². The van der Waals surface area contributed by atoms with Crippen LogP contribution in [-0.4, -0.2) is 32.2 Å². The molecule has 1 N–H and O–H groups in total. The number of carbonyl (C=O) groups is 1. The maximum absolute atomic E-state index is 12.9. The third kappa shape index (κ3) is 4.61. The second-order valence-corrected chi connectivity index (χ2v) is 10.4. The minimum atomic E-state index is -3.35. The van der Waals surface area contributed by atoms with Gasteiger partial charge in [-0.15, -0.1) is 0 Å². The summed E-state index contributed by atoms with van der Waals surface area (Å²) in [6.07, 6.45) is 0.658. The summed E-state index contributed by atoms with van der Waals surface area (Å²) >= 11 is 0. The molecule has 0 bridgehead atoms. The molecule has 3 rings (SSSR count). The Kier molecular flexibility index (Phi) is 6.13. The smallest absolute Gasteiger partial charge is 0.251 e. The lowest BCUT2D eigenvalue weighted by Crippen LogP contribution is -2.41. The van der Waals surface area contributed by atoms with E-state index in [9.17, 15) is 13.2 Å². The van der Waals surface area contributed by atoms with E-state index in [1.807, 2.05) is 39.0 Å². The van der Waals surface area contributed by atoms with Crippen molar-refractivity contribution in [2.75, 3.05) is 16.6 Å². The van der Waals surface area contributed by atoms with Crippen LogP contribution in [0.3, 0.4) is 0 Å². The Morgan fingerprint density at radius 1 is 1.17 bits per heavy atom. The molecule has 0 saturated heterocycles. The van der Waals surface area contributed by atoms with Crippen molar-refractivity contribution < 1.29 is 17.9 Å². The van der Waals surface area contributed by atoms with Gasteiger partial charge in [0.15, 0.2) is 0 Å². The predicted octanol–water partition coefficient (Wildman–Crippen LogP) is 4.20. The van der Waals surface area contributed by atoms with Crippen molar-refractivity contribution in [1.29, 1.82) is 0 Å². The monoisotopic (exact) mass is 430 g/mol. The van der Waals surface area contributed by atoms with Crippen molar-refractivity contribution in [3.8, 4) is 5.75 Å². The van der Waals surface area contributed by atoms with Gasteiger partial charge in [-0.25, -0.2) is 8.42 Å². The molecule has 0 fully saturated rings. The van der Waals surface area contributed by atoms with E-state index in [0.29, 0.717) is 24.2 Å². The molecular formula is C23H30N2O4S. The average Bonchev–Trinajstić information content (AvgIpc) is 2.67. The Bertz CT molecular complexity index is 1030. The van der Waals surface area contributed by atoms with Gasteiger partial charge in [-0.3, -0.25) is 9.10 Å². The Hall–Kier alpha value is -2.54. The van der Waals surface area contributed by atoms with E-state index in [4.69, 9.17) is 4.74 Å². The Morgan fingerprint density at radius 2 is 1.83 bits per heavy atom. The topological polar surface area (TPSA) is 75.7 Å². The molecule has 1 atom stereocenters. The number of benzene rings is 2. The van der Waals surface area contributed by atoms with Crippen LogP contribution in [0.4, 0.5) is 5.69 Å². The average molecular weight is 431 g/mol. The molecule has 1 aliphatic rings. The number of anilines is 1. The van der Waals surface area contributed by atoms with Gasteiger partial charge in [0.1, 0.15) is 11.4 Å². The highest BCUT2D eigenvalue weighted by Gasteiger charge is 2.34. The minimum Gasteiger partial charge on any atom is -0.487 e. The lowest BCUT2D eigenvalue weighted by atomic mass is 9.89. The number of nitrogens with one attached hydrogen (secondary N) is 1. The van der Waals surface area contributed by atoms with E-state index in [1.165, 1.54) is 4.31 Å². The predicted molar refractivity (Wildman–Crippen MR) is 120 cm³/mol. The zero-order chi connectivity index (χ0) is 22.1. The number of rotatable bonds is 6. The summed E-state index contributed by atoms with van der Waals surface area (Å²) in [5.41, 5.74) is 2.73. The van der Waals surface area contributed by atoms with Gasteiger partial charge >= 0.3 is 0 Å². The SMILES string of the molecule is CCN(c1ccc(C(=O)N[C@@H]2CC(C)(C)Oc3cc(C)ccc32)cc1)S(=O)(=O)CC. The fourth-order valence-corrected chi connectivity index (χ4v) is 4.95. The second-order valence-electron chi connectivity index (χ2n) is 8.25. The number of hydrogen-bond donors (Lipinski definition) is 1. The molecule has 1 amide bonds. The Morgan fingerprint density at radius 3 is 2.43 bits per heavy atom. The van der Waals surface area contributed by atoms with Crippen molar-refractivity contribution in [2.45, 2.75) is 52.7 Å². The molecule has 0 aliphatic carbocycles. The van der Waals surface area contributed by atoms with E-state index in [-0.39, 0.29) is 17.7 Å². The van der Waals surface area contributed by atoms with Gasteiger partial charge in [-0.2, -0.15) is 0 Å². The van der Waals surface area contributed by atoms with Gasteiger partial charge in [0.2, 0.25) is 10.0 Å². The fraction of sp³-hybridized carbons (Fsp3) is 0.435. The molecule has 30 heavy (non-hydrogen) atoms. The molecule has 1 heterocycles. The van der Waals surface area contributed by atoms with Gasteiger partial charge in [0.05, 0.1) is 17.5 Å². The molecule has 1 aliphatic heterocycles. The quantitative estimate of drug-likeness (QED) is 0.745. The highest BCUT2D eigenvalue weighted by atomic mass is 32.2. The molecule has 0 unspecified atom stereocenters. The van der Waals surface area contributed by atoms with Gasteiger partial charge < -0.3 is 10.1 Å². The maximum atomic E-state index is 12.9. The first-order chi connectivity index (χ1) is 14.1. The van der Waals surface area contributed by atoms with E-state index < -0.39 is 15.6 Å². The van der Waals surface area contributed by atoms with Crippen LogP contribution in [0.2, 0.25) is 0 Å². The van der Waals surface area contributed by atoms with Gasteiger partial charge in [0, 0.05) is 24.1 Å². The van der Waals surface area contributed by atoms with Gasteiger partial charge in [-0.05, 0) is 70.5 Å². The first kappa shape index (κ1) is 22.2. The van der Waals surface area contributed by atoms with Crippen LogP contribution in [0, 0.1) is 6.92 Å². The summed E-state index contributed by atoms with van der Waals surface area (Å²) in [6, 6.07) is 12.5.